The fraction of sp³-hybridized carbons (Fsp3) is 0.333. The number of hydrogen-bond donors (Lipinski definition) is 1. The van der Waals surface area contributed by atoms with E-state index in [4.69, 9.17) is 0 Å². The Kier molecular flexibility index (Phi) is 3.07. The van der Waals surface area contributed by atoms with Crippen LogP contribution in [0.1, 0.15) is 19.4 Å². The Hall–Kier alpha value is -2.10. The van der Waals surface area contributed by atoms with Gasteiger partial charge in [0.2, 0.25) is 0 Å². The minimum Gasteiger partial charge on any atom is -0.369 e. The molecule has 1 aliphatic heterocycles. The van der Waals surface area contributed by atoms with Gasteiger partial charge in [0.25, 0.3) is 0 Å². The van der Waals surface area contributed by atoms with Crippen molar-refractivity contribution in [2.45, 2.75) is 26.3 Å². The van der Waals surface area contributed by atoms with Crippen LogP contribution in [0.4, 0.5) is 17.3 Å². The quantitative estimate of drug-likeness (QED) is 0.914. The van der Waals surface area contributed by atoms with Gasteiger partial charge in [0.15, 0.2) is 5.82 Å². The molecule has 1 atom stereocenters. The van der Waals surface area contributed by atoms with E-state index in [1.165, 1.54) is 11.3 Å². The maximum Gasteiger partial charge on any atom is 0.154 e. The van der Waals surface area contributed by atoms with E-state index in [1.54, 1.807) is 6.20 Å². The standard InChI is InChI=1S/C15H18N4/c1-3-17-14-9-16-10-15(18-14)19-11(2)8-12-6-4-5-7-13(12)19/h4-7,9-11H,3,8H2,1-2H3,(H,17,18). The molecule has 0 saturated heterocycles. The number of rotatable bonds is 3. The predicted octanol–water partition coefficient (Wildman–Crippen LogP) is 2.99. The molecule has 0 fully saturated rings. The van der Waals surface area contributed by atoms with Crippen molar-refractivity contribution in [2.75, 3.05) is 16.8 Å². The summed E-state index contributed by atoms with van der Waals surface area (Å²) in [5, 5.41) is 3.21. The Labute approximate surface area is 113 Å². The highest BCUT2D eigenvalue weighted by Gasteiger charge is 2.27. The molecule has 2 aromatic rings. The Morgan fingerprint density at radius 1 is 1.32 bits per heavy atom. The number of para-hydroxylation sites is 1. The van der Waals surface area contributed by atoms with Crippen LogP contribution in [-0.2, 0) is 6.42 Å². The summed E-state index contributed by atoms with van der Waals surface area (Å²) in [7, 11) is 0. The monoisotopic (exact) mass is 254 g/mol. The number of nitrogens with one attached hydrogen (secondary N) is 1. The molecule has 0 saturated carbocycles. The van der Waals surface area contributed by atoms with Gasteiger partial charge in [-0.05, 0) is 31.9 Å². The fourth-order valence-corrected chi connectivity index (χ4v) is 2.65. The van der Waals surface area contributed by atoms with Crippen LogP contribution in [0.2, 0.25) is 0 Å². The van der Waals surface area contributed by atoms with Gasteiger partial charge in [-0.25, -0.2) is 4.98 Å². The van der Waals surface area contributed by atoms with Crippen molar-refractivity contribution in [1.29, 1.82) is 0 Å². The summed E-state index contributed by atoms with van der Waals surface area (Å²) in [5.41, 5.74) is 2.63. The summed E-state index contributed by atoms with van der Waals surface area (Å²) < 4.78 is 0. The van der Waals surface area contributed by atoms with Crippen LogP contribution in [0.5, 0.6) is 0 Å². The second-order valence-corrected chi connectivity index (χ2v) is 4.84. The molecule has 0 aliphatic carbocycles. The average Bonchev–Trinajstić information content (AvgIpc) is 2.75. The summed E-state index contributed by atoms with van der Waals surface area (Å²) in [5.74, 6) is 1.74. The highest BCUT2D eigenvalue weighted by atomic mass is 15.3. The largest absolute Gasteiger partial charge is 0.369 e. The third-order valence-corrected chi connectivity index (χ3v) is 3.43. The van der Waals surface area contributed by atoms with E-state index >= 15 is 0 Å². The van der Waals surface area contributed by atoms with Crippen molar-refractivity contribution in [1.82, 2.24) is 9.97 Å². The van der Waals surface area contributed by atoms with E-state index in [1.807, 2.05) is 6.20 Å². The summed E-state index contributed by atoms with van der Waals surface area (Å²) >= 11 is 0. The minimum atomic E-state index is 0.420. The zero-order valence-electron chi connectivity index (χ0n) is 11.3. The fourth-order valence-electron chi connectivity index (χ4n) is 2.65. The SMILES string of the molecule is CCNc1cncc(N2c3ccccc3CC2C)n1. The van der Waals surface area contributed by atoms with Crippen LogP contribution >= 0.6 is 0 Å². The molecule has 0 bridgehead atoms. The maximum absolute atomic E-state index is 4.65. The summed E-state index contributed by atoms with van der Waals surface area (Å²) in [6.45, 7) is 5.13. The molecule has 19 heavy (non-hydrogen) atoms. The maximum atomic E-state index is 4.65. The molecule has 1 N–H and O–H groups in total. The van der Waals surface area contributed by atoms with E-state index < -0.39 is 0 Å². The minimum absolute atomic E-state index is 0.420. The molecule has 4 nitrogen and oxygen atoms in total. The molecule has 1 aromatic carbocycles. The molecule has 0 amide bonds. The molecule has 3 rings (SSSR count). The van der Waals surface area contributed by atoms with Gasteiger partial charge in [0.1, 0.15) is 5.82 Å². The number of hydrogen-bond acceptors (Lipinski definition) is 4. The van der Waals surface area contributed by atoms with Crippen molar-refractivity contribution < 1.29 is 0 Å². The molecule has 1 aliphatic rings. The van der Waals surface area contributed by atoms with Gasteiger partial charge < -0.3 is 10.2 Å². The lowest BCUT2D eigenvalue weighted by Crippen LogP contribution is -2.25. The predicted molar refractivity (Wildman–Crippen MR) is 77.9 cm³/mol. The van der Waals surface area contributed by atoms with Gasteiger partial charge in [-0.2, -0.15) is 0 Å². The Morgan fingerprint density at radius 3 is 3.00 bits per heavy atom. The first-order chi connectivity index (χ1) is 9.29. The zero-order chi connectivity index (χ0) is 13.2. The molecule has 4 heteroatoms. The van der Waals surface area contributed by atoms with E-state index in [9.17, 15) is 0 Å². The number of anilines is 3. The van der Waals surface area contributed by atoms with Crippen LogP contribution in [0, 0.1) is 0 Å². The first-order valence-corrected chi connectivity index (χ1v) is 6.72. The van der Waals surface area contributed by atoms with Gasteiger partial charge in [-0.15, -0.1) is 0 Å². The van der Waals surface area contributed by atoms with Crippen LogP contribution in [0.25, 0.3) is 0 Å². The molecule has 1 aromatic heterocycles. The summed E-state index contributed by atoms with van der Waals surface area (Å²) in [6, 6.07) is 8.93. The van der Waals surface area contributed by atoms with Crippen LogP contribution < -0.4 is 10.2 Å². The Bertz CT molecular complexity index is 582. The van der Waals surface area contributed by atoms with Crippen molar-refractivity contribution in [3.05, 3.63) is 42.2 Å². The van der Waals surface area contributed by atoms with Crippen molar-refractivity contribution in [3.63, 3.8) is 0 Å². The van der Waals surface area contributed by atoms with E-state index in [-0.39, 0.29) is 0 Å². The topological polar surface area (TPSA) is 41.1 Å². The van der Waals surface area contributed by atoms with Gasteiger partial charge in [0.05, 0.1) is 12.4 Å². The average molecular weight is 254 g/mol. The summed E-state index contributed by atoms with van der Waals surface area (Å²) in [6.07, 6.45) is 4.66. The molecule has 98 valence electrons. The highest BCUT2D eigenvalue weighted by Crippen LogP contribution is 2.36. The lowest BCUT2D eigenvalue weighted by molar-refractivity contribution is 0.748. The second kappa shape index (κ2) is 4.88. The lowest BCUT2D eigenvalue weighted by Gasteiger charge is -2.23. The second-order valence-electron chi connectivity index (χ2n) is 4.84. The molecule has 1 unspecified atom stereocenters. The van der Waals surface area contributed by atoms with Gasteiger partial charge in [0, 0.05) is 18.3 Å². The third-order valence-electron chi connectivity index (χ3n) is 3.43. The Morgan fingerprint density at radius 2 is 2.16 bits per heavy atom. The molecule has 2 heterocycles. The van der Waals surface area contributed by atoms with E-state index in [0.717, 1.165) is 24.6 Å². The van der Waals surface area contributed by atoms with E-state index in [2.05, 4.69) is 58.3 Å². The highest BCUT2D eigenvalue weighted by molar-refractivity contribution is 5.69. The van der Waals surface area contributed by atoms with Crippen molar-refractivity contribution in [2.24, 2.45) is 0 Å². The smallest absolute Gasteiger partial charge is 0.154 e. The number of fused-ring (bicyclic) bond motifs is 1. The van der Waals surface area contributed by atoms with Gasteiger partial charge in [-0.1, -0.05) is 18.2 Å². The third kappa shape index (κ3) is 2.14. The first kappa shape index (κ1) is 12.0. The Balaban J connectivity index is 2.00. The molecule has 0 spiro atoms. The zero-order valence-corrected chi connectivity index (χ0v) is 11.3. The van der Waals surface area contributed by atoms with Gasteiger partial charge >= 0.3 is 0 Å². The van der Waals surface area contributed by atoms with Crippen LogP contribution in [-0.4, -0.2) is 22.6 Å². The van der Waals surface area contributed by atoms with Gasteiger partial charge in [-0.3, -0.25) is 4.98 Å². The molecular formula is C15H18N4. The van der Waals surface area contributed by atoms with Crippen molar-refractivity contribution in [3.8, 4) is 0 Å². The van der Waals surface area contributed by atoms with Crippen LogP contribution in [0.3, 0.4) is 0 Å². The normalized spacial score (nSPS) is 17.4. The van der Waals surface area contributed by atoms with E-state index in [0.29, 0.717) is 6.04 Å². The molecule has 0 radical (unpaired) electrons. The van der Waals surface area contributed by atoms with Crippen LogP contribution in [0.15, 0.2) is 36.7 Å². The lowest BCUT2D eigenvalue weighted by atomic mass is 10.1. The van der Waals surface area contributed by atoms with Crippen molar-refractivity contribution >= 4 is 17.3 Å². The first-order valence-electron chi connectivity index (χ1n) is 6.72. The number of nitrogens with zero attached hydrogens (tertiary/aromatic N) is 3. The summed E-state index contributed by atoms with van der Waals surface area (Å²) in [4.78, 5) is 11.2. The molecular weight excluding hydrogens is 236 g/mol. The number of benzene rings is 1. The number of aromatic nitrogens is 2.